The third-order valence-corrected chi connectivity index (χ3v) is 20.8. The molecule has 624 valence electrons. The number of carbonyl (C=O) groups excluding carboxylic acids is 11. The van der Waals surface area contributed by atoms with Crippen LogP contribution in [0.15, 0.2) is 59.6 Å². The highest BCUT2D eigenvalue weighted by Crippen LogP contribution is 2.36. The van der Waals surface area contributed by atoms with Crippen molar-refractivity contribution in [1.82, 2.24) is 67.9 Å². The van der Waals surface area contributed by atoms with Crippen molar-refractivity contribution in [1.29, 1.82) is 0 Å². The highest BCUT2D eigenvalue weighted by atomic mass is 19.1. The Labute approximate surface area is 658 Å². The predicted molar refractivity (Wildman–Crippen MR) is 415 cm³/mol. The van der Waals surface area contributed by atoms with Gasteiger partial charge in [0.25, 0.3) is 0 Å². The number of ether oxygens (including phenoxy) is 3. The third-order valence-electron chi connectivity index (χ3n) is 20.8. The van der Waals surface area contributed by atoms with Crippen molar-refractivity contribution >= 4 is 71.1 Å². The summed E-state index contributed by atoms with van der Waals surface area (Å²) < 4.78 is 59.2. The fraction of sp³-hybridized carbons (Fsp3) is 0.615. The molecule has 6 aliphatic rings. The van der Waals surface area contributed by atoms with Crippen LogP contribution >= 0.6 is 0 Å². The Bertz CT molecular complexity index is 3750. The molecule has 9 atom stereocenters. The van der Waals surface area contributed by atoms with Crippen molar-refractivity contribution in [2.24, 2.45) is 45.7 Å². The molecule has 35 heteroatoms. The summed E-state index contributed by atoms with van der Waals surface area (Å²) in [7, 11) is 4.72. The van der Waals surface area contributed by atoms with Gasteiger partial charge in [0, 0.05) is 98.1 Å². The molecule has 3 saturated carbocycles. The Kier molecular flexibility index (Phi) is 36.4. The van der Waals surface area contributed by atoms with Gasteiger partial charge < -0.3 is 105 Å². The van der Waals surface area contributed by atoms with Crippen molar-refractivity contribution in [3.63, 3.8) is 0 Å². The van der Waals surface area contributed by atoms with Crippen LogP contribution < -0.4 is 90.3 Å². The second kappa shape index (κ2) is 45.6. The molecule has 3 aliphatic carbocycles. The van der Waals surface area contributed by atoms with E-state index >= 15 is 0 Å². The molecule has 0 bridgehead atoms. The van der Waals surface area contributed by atoms with E-state index in [2.05, 4.69) is 58.2 Å². The fourth-order valence-corrected chi connectivity index (χ4v) is 13.1. The number of hydrogen-bond donors (Lipinski definition) is 14. The normalized spacial score (nSPS) is 24.4. The van der Waals surface area contributed by atoms with Crippen LogP contribution in [0.4, 0.5) is 18.0 Å². The maximum atomic E-state index is 13.9. The molecule has 0 radical (unpaired) electrons. The number of rotatable bonds is 15. The number of guanidine groups is 1. The van der Waals surface area contributed by atoms with Gasteiger partial charge in [-0.15, -0.1) is 0 Å². The second-order valence-electron chi connectivity index (χ2n) is 29.6. The number of aliphatic imine (C=N–C) groups is 1. The van der Waals surface area contributed by atoms with Gasteiger partial charge in [-0.25, -0.2) is 18.0 Å². The van der Waals surface area contributed by atoms with Crippen molar-refractivity contribution in [3.05, 3.63) is 88.7 Å². The summed E-state index contributed by atoms with van der Waals surface area (Å²) in [6.07, 6.45) is 11.2. The van der Waals surface area contributed by atoms with Crippen LogP contribution in [-0.2, 0) is 67.2 Å². The zero-order chi connectivity index (χ0) is 82.3. The van der Waals surface area contributed by atoms with Crippen LogP contribution in [0.3, 0.4) is 0 Å². The van der Waals surface area contributed by atoms with E-state index in [-0.39, 0.29) is 98.9 Å². The highest BCUT2D eigenvalue weighted by molar-refractivity contribution is 5.95. The Balaban J connectivity index is 0.000000235. The lowest BCUT2D eigenvalue weighted by Crippen LogP contribution is -2.56. The first-order chi connectivity index (χ1) is 54.0. The Morgan fingerprint density at radius 3 is 1.10 bits per heavy atom. The molecule has 0 spiro atoms. The van der Waals surface area contributed by atoms with Gasteiger partial charge in [-0.3, -0.25) is 52.9 Å². The molecule has 0 saturated heterocycles. The SMILES string of the molecule is C[C@@H]1C(=O)N[C@H](CCC(N)=O)C(=O)NCCCc2ccc(F)cc2OCCN[C@@H](C2CC2)C(=O)N1C.C[C@@H]1C(=O)N[C@H](CCCCN=C(N)N)C(=O)NCCCc2ccc(F)cc2OCCN[C@@H](C2CC2)C(=O)N1C.C[C@@H]1C(=O)N[C@H](CCCNC(N)=O)C(=O)NCCCc2ccc(F)cc2OCCN[C@@H](C2CC2)C(=O)N1C. The van der Waals surface area contributed by atoms with E-state index in [9.17, 15) is 65.9 Å². The summed E-state index contributed by atoms with van der Waals surface area (Å²) in [6, 6.07) is 6.07. The number of aryl methyl sites for hydroxylation is 3. The summed E-state index contributed by atoms with van der Waals surface area (Å²) in [5.41, 5.74) is 23.5. The number of fused-ring (bicyclic) bond motifs is 3. The molecule has 9 rings (SSSR count). The number of likely N-dealkylation sites (N-methyl/N-ethyl adjacent to an activating group) is 3. The highest BCUT2D eigenvalue weighted by Gasteiger charge is 2.43. The van der Waals surface area contributed by atoms with Crippen molar-refractivity contribution in [3.8, 4) is 17.2 Å². The Morgan fingerprint density at radius 1 is 0.460 bits per heavy atom. The van der Waals surface area contributed by atoms with Crippen LogP contribution in [0.2, 0.25) is 0 Å². The number of hydrogen-bond acceptors (Lipinski definition) is 18. The van der Waals surface area contributed by atoms with Gasteiger partial charge in [0.15, 0.2) is 5.96 Å². The standard InChI is InChI=1S/C27H42FN7O4.C26H39FN6O5.C25H36FN5O5/c1-17-24(36)34-21(7-3-4-12-33-27(29)30)25(37)32-13-5-6-18-10-11-20(28)16-22(18)39-15-14-31-23(19-8-9-19)26(38)35(17)2;1-16-23(34)32-20(6-4-12-31-26(28)37)24(35)30-11-3-5-17-9-10-19(27)15-21(17)38-14-13-29-22(18-7-8-18)25(36)33(16)2;1-15-23(33)30-19(9-10-21(27)32)24(34)29-11-3-4-16-7-8-18(26)14-20(16)36-13-12-28-22(17-5-6-17)25(35)31(15)2/h10-11,16-17,19,21,23,31H,3-9,12-15H2,1-2H3,(H,32,37)(H,34,36)(H4,29,30,33);9-10,15-16,18,20,22,29H,3-8,11-14H2,1-2H3,(H,30,35)(H,32,34)(H3,28,31,37);7-8,14-15,17,19,22,28H,3-6,9-13H2,1-2H3,(H2,27,32)(H,29,34)(H,30,33)/t17-,21-,23+;16-,20-,22+;15-,19-,22+/m111/s1. The summed E-state index contributed by atoms with van der Waals surface area (Å²) >= 11 is 0. The molecule has 3 fully saturated rings. The van der Waals surface area contributed by atoms with E-state index in [1.165, 1.54) is 51.1 Å². The zero-order valence-electron chi connectivity index (χ0n) is 65.8. The molecule has 0 unspecified atom stereocenters. The zero-order valence-corrected chi connectivity index (χ0v) is 65.8. The van der Waals surface area contributed by atoms with Crippen LogP contribution in [0.25, 0.3) is 0 Å². The summed E-state index contributed by atoms with van der Waals surface area (Å²) in [5, 5.41) is 29.0. The first-order valence-corrected chi connectivity index (χ1v) is 39.4. The number of nitrogens with zero attached hydrogens (tertiary/aromatic N) is 4. The first kappa shape index (κ1) is 90.2. The van der Waals surface area contributed by atoms with Crippen LogP contribution in [-0.4, -0.2) is 233 Å². The number of nitrogens with two attached hydrogens (primary N) is 4. The van der Waals surface area contributed by atoms with Crippen LogP contribution in [0.5, 0.6) is 17.2 Å². The van der Waals surface area contributed by atoms with Gasteiger partial charge in [-0.1, -0.05) is 18.2 Å². The van der Waals surface area contributed by atoms with E-state index in [1.807, 2.05) is 0 Å². The number of primary amides is 2. The van der Waals surface area contributed by atoms with Crippen LogP contribution in [0, 0.1) is 35.2 Å². The fourth-order valence-electron chi connectivity index (χ4n) is 13.1. The molecule has 113 heavy (non-hydrogen) atoms. The summed E-state index contributed by atoms with van der Waals surface area (Å²) in [4.78, 5) is 148. The summed E-state index contributed by atoms with van der Waals surface area (Å²) in [5.74, 6) is -3.03. The minimum absolute atomic E-state index is 0.00694. The average molecular weight is 1590 g/mol. The van der Waals surface area contributed by atoms with Crippen molar-refractivity contribution in [2.75, 3.05) is 93.3 Å². The molecule has 3 heterocycles. The molecule has 18 N–H and O–H groups in total. The molecule has 12 amide bonds. The van der Waals surface area contributed by atoms with Gasteiger partial charge in [0.05, 0.1) is 18.1 Å². The quantitative estimate of drug-likeness (QED) is 0.0574. The van der Waals surface area contributed by atoms with E-state index in [0.29, 0.717) is 127 Å². The van der Waals surface area contributed by atoms with E-state index in [0.717, 1.165) is 55.2 Å². The number of amides is 12. The molecule has 3 aliphatic heterocycles. The van der Waals surface area contributed by atoms with Crippen molar-refractivity contribution < 1.29 is 80.1 Å². The van der Waals surface area contributed by atoms with Gasteiger partial charge in [0.2, 0.25) is 59.1 Å². The minimum atomic E-state index is -0.975. The monoisotopic (exact) mass is 1590 g/mol. The third kappa shape index (κ3) is 30.1. The Hall–Kier alpha value is -10.0. The molecule has 32 nitrogen and oxygen atoms in total. The molecule has 0 aromatic heterocycles. The topological polar surface area (TPSA) is 462 Å². The predicted octanol–water partition coefficient (Wildman–Crippen LogP) is 1.06. The number of nitrogens with one attached hydrogen (secondary N) is 10. The second-order valence-corrected chi connectivity index (χ2v) is 29.6. The largest absolute Gasteiger partial charge is 0.492 e. The smallest absolute Gasteiger partial charge is 0.312 e. The lowest BCUT2D eigenvalue weighted by molar-refractivity contribution is -0.141. The van der Waals surface area contributed by atoms with Crippen molar-refractivity contribution in [2.45, 2.75) is 197 Å². The number of unbranched alkanes of at least 4 members (excludes halogenated alkanes) is 1. The molecule has 3 aromatic carbocycles. The summed E-state index contributed by atoms with van der Waals surface area (Å²) in [6.45, 7) is 8.45. The maximum absolute atomic E-state index is 13.9. The molecular weight excluding hydrogens is 1470 g/mol. The first-order valence-electron chi connectivity index (χ1n) is 39.4. The van der Waals surface area contributed by atoms with Gasteiger partial charge in [0.1, 0.15) is 90.8 Å². The van der Waals surface area contributed by atoms with Gasteiger partial charge in [-0.2, -0.15) is 0 Å². The minimum Gasteiger partial charge on any atom is -0.492 e. The van der Waals surface area contributed by atoms with E-state index in [4.69, 9.17) is 37.1 Å². The number of halogens is 3. The Morgan fingerprint density at radius 2 is 0.788 bits per heavy atom. The van der Waals surface area contributed by atoms with Gasteiger partial charge in [-0.05, 0) is 189 Å². The average Bonchev–Trinajstić information content (AvgIpc) is 1.80. The number of benzene rings is 3. The van der Waals surface area contributed by atoms with Crippen LogP contribution in [0.1, 0.15) is 140 Å². The lowest BCUT2D eigenvalue weighted by atomic mass is 10.1. The lowest BCUT2D eigenvalue weighted by Gasteiger charge is -2.30. The van der Waals surface area contributed by atoms with Gasteiger partial charge >= 0.3 is 6.03 Å². The maximum Gasteiger partial charge on any atom is 0.312 e. The molecule has 3 aromatic rings. The number of carbonyl (C=O) groups is 11. The molecular formula is C78H117F3N18O14. The van der Waals surface area contributed by atoms with E-state index < -0.39 is 107 Å². The number of urea groups is 1. The van der Waals surface area contributed by atoms with E-state index in [1.54, 1.807) is 60.1 Å².